The van der Waals surface area contributed by atoms with Crippen molar-refractivity contribution in [1.82, 2.24) is 5.32 Å². The fourth-order valence-corrected chi connectivity index (χ4v) is 2.33. The van der Waals surface area contributed by atoms with Gasteiger partial charge in [0.05, 0.1) is 12.1 Å². The van der Waals surface area contributed by atoms with E-state index in [0.717, 1.165) is 5.56 Å². The van der Waals surface area contributed by atoms with E-state index in [0.29, 0.717) is 24.5 Å². The molecule has 25 heavy (non-hydrogen) atoms. The van der Waals surface area contributed by atoms with E-state index >= 15 is 0 Å². The number of hydrogen-bond acceptors (Lipinski definition) is 3. The van der Waals surface area contributed by atoms with Crippen molar-refractivity contribution in [2.24, 2.45) is 0 Å². The molecule has 0 heterocycles. The fourth-order valence-electron chi connectivity index (χ4n) is 2.33. The molecule has 2 N–H and O–H groups in total. The summed E-state index contributed by atoms with van der Waals surface area (Å²) in [6.07, 6.45) is 0. The Morgan fingerprint density at radius 1 is 1.08 bits per heavy atom. The number of rotatable bonds is 7. The number of nitrogens with one attached hydrogen (secondary N) is 1. The number of carboxylic acids is 1. The molecule has 0 unspecified atom stereocenters. The Kier molecular flexibility index (Phi) is 8.69. The van der Waals surface area contributed by atoms with Crippen LogP contribution in [0.2, 0.25) is 0 Å². The summed E-state index contributed by atoms with van der Waals surface area (Å²) in [5, 5.41) is 11.7. The normalized spacial score (nSPS) is 10.0. The Balaban J connectivity index is 0.00000312. The van der Waals surface area contributed by atoms with E-state index in [9.17, 15) is 9.59 Å². The van der Waals surface area contributed by atoms with E-state index in [1.807, 2.05) is 24.3 Å². The van der Waals surface area contributed by atoms with Crippen molar-refractivity contribution < 1.29 is 19.4 Å². The minimum atomic E-state index is -0.974. The van der Waals surface area contributed by atoms with Crippen molar-refractivity contribution in [3.8, 4) is 5.75 Å². The van der Waals surface area contributed by atoms with Crippen LogP contribution in [0.4, 0.5) is 0 Å². The van der Waals surface area contributed by atoms with Gasteiger partial charge in [0, 0.05) is 5.56 Å². The zero-order valence-corrected chi connectivity index (χ0v) is 13.8. The zero-order valence-electron chi connectivity index (χ0n) is 13.8. The van der Waals surface area contributed by atoms with E-state index in [-0.39, 0.29) is 46.9 Å². The standard InChI is InChI=1S/C19H21NO4.Na.H/c1-13(2)16-5-3-4-6-17(16)18(21)20-11-12-24-15-9-7-14(8-10-15)19(22)23;;/h3-10,13H,11-12H2,1-2H3,(H,20,21)(H,22,23);;. The molecule has 0 aliphatic carbocycles. The van der Waals surface area contributed by atoms with Crippen molar-refractivity contribution in [3.05, 3.63) is 65.2 Å². The average Bonchev–Trinajstić information content (AvgIpc) is 2.58. The van der Waals surface area contributed by atoms with Crippen molar-refractivity contribution in [1.29, 1.82) is 0 Å². The SMILES string of the molecule is CC(C)c1ccccc1C(=O)NCCOc1ccc(C(=O)O)cc1.[NaH]. The number of amides is 1. The summed E-state index contributed by atoms with van der Waals surface area (Å²) in [6.45, 7) is 4.78. The molecular formula is C19H22NNaO4. The average molecular weight is 351 g/mol. The third-order valence-electron chi connectivity index (χ3n) is 3.59. The Bertz CT molecular complexity index is 714. The molecule has 0 atom stereocenters. The van der Waals surface area contributed by atoms with Crippen molar-refractivity contribution in [3.63, 3.8) is 0 Å². The van der Waals surface area contributed by atoms with Crippen molar-refractivity contribution >= 4 is 41.4 Å². The van der Waals surface area contributed by atoms with Gasteiger partial charge in [-0.2, -0.15) is 0 Å². The third-order valence-corrected chi connectivity index (χ3v) is 3.59. The monoisotopic (exact) mass is 351 g/mol. The Hall–Kier alpha value is -1.82. The van der Waals surface area contributed by atoms with E-state index in [4.69, 9.17) is 9.84 Å². The van der Waals surface area contributed by atoms with Gasteiger partial charge in [-0.1, -0.05) is 32.0 Å². The number of carbonyl (C=O) groups excluding carboxylic acids is 1. The molecule has 0 aliphatic rings. The Labute approximate surface area is 169 Å². The van der Waals surface area contributed by atoms with Gasteiger partial charge in [-0.3, -0.25) is 4.79 Å². The van der Waals surface area contributed by atoms with Crippen LogP contribution < -0.4 is 10.1 Å². The molecule has 2 aromatic rings. The Morgan fingerprint density at radius 2 is 1.72 bits per heavy atom. The van der Waals surface area contributed by atoms with Crippen LogP contribution in [0, 0.1) is 0 Å². The van der Waals surface area contributed by atoms with Crippen LogP contribution in [0.25, 0.3) is 0 Å². The number of benzene rings is 2. The predicted molar refractivity (Wildman–Crippen MR) is 98.9 cm³/mol. The van der Waals surface area contributed by atoms with E-state index in [1.54, 1.807) is 12.1 Å². The summed E-state index contributed by atoms with van der Waals surface area (Å²) < 4.78 is 5.50. The number of carbonyl (C=O) groups is 2. The van der Waals surface area contributed by atoms with Crippen LogP contribution in [0.1, 0.15) is 46.0 Å². The van der Waals surface area contributed by atoms with Gasteiger partial charge in [-0.15, -0.1) is 0 Å². The molecule has 128 valence electrons. The first-order chi connectivity index (χ1) is 11.5. The molecule has 0 radical (unpaired) electrons. The number of carboxylic acid groups (broad SMARTS) is 1. The van der Waals surface area contributed by atoms with Crippen molar-refractivity contribution in [2.45, 2.75) is 19.8 Å². The van der Waals surface area contributed by atoms with Gasteiger partial charge in [0.1, 0.15) is 12.4 Å². The molecule has 2 aromatic carbocycles. The van der Waals surface area contributed by atoms with E-state index in [1.165, 1.54) is 12.1 Å². The van der Waals surface area contributed by atoms with Gasteiger partial charge in [-0.25, -0.2) is 4.79 Å². The van der Waals surface area contributed by atoms with Crippen molar-refractivity contribution in [2.75, 3.05) is 13.2 Å². The molecule has 0 saturated heterocycles. The summed E-state index contributed by atoms with van der Waals surface area (Å²) in [5.74, 6) is -0.255. The summed E-state index contributed by atoms with van der Waals surface area (Å²) in [4.78, 5) is 23.0. The van der Waals surface area contributed by atoms with Crippen LogP contribution in [0.3, 0.4) is 0 Å². The van der Waals surface area contributed by atoms with Gasteiger partial charge >= 0.3 is 35.5 Å². The number of aromatic carboxylic acids is 1. The quantitative estimate of drug-likeness (QED) is 0.594. The minimum absolute atomic E-state index is 0. The second-order valence-corrected chi connectivity index (χ2v) is 5.68. The first-order valence-electron chi connectivity index (χ1n) is 7.82. The summed E-state index contributed by atoms with van der Waals surface area (Å²) in [7, 11) is 0. The van der Waals surface area contributed by atoms with Gasteiger partial charge in [-0.05, 0) is 41.8 Å². The maximum atomic E-state index is 12.3. The van der Waals surface area contributed by atoms with Crippen LogP contribution in [0.5, 0.6) is 5.75 Å². The molecular weight excluding hydrogens is 329 g/mol. The molecule has 1 amide bonds. The van der Waals surface area contributed by atoms with Gasteiger partial charge in [0.25, 0.3) is 5.91 Å². The van der Waals surface area contributed by atoms with E-state index < -0.39 is 5.97 Å². The van der Waals surface area contributed by atoms with Crippen LogP contribution in [0.15, 0.2) is 48.5 Å². The van der Waals surface area contributed by atoms with Gasteiger partial charge < -0.3 is 15.2 Å². The summed E-state index contributed by atoms with van der Waals surface area (Å²) in [6, 6.07) is 13.7. The topological polar surface area (TPSA) is 75.6 Å². The Morgan fingerprint density at radius 3 is 2.32 bits per heavy atom. The van der Waals surface area contributed by atoms with Crippen LogP contribution >= 0.6 is 0 Å². The molecule has 0 aliphatic heterocycles. The second kappa shape index (κ2) is 10.2. The molecule has 0 spiro atoms. The van der Waals surface area contributed by atoms with E-state index in [2.05, 4.69) is 19.2 Å². The number of hydrogen-bond donors (Lipinski definition) is 2. The third kappa shape index (κ3) is 6.20. The predicted octanol–water partition coefficient (Wildman–Crippen LogP) is 2.67. The first kappa shape index (κ1) is 21.2. The molecule has 0 aromatic heterocycles. The molecule has 5 nitrogen and oxygen atoms in total. The molecule has 2 rings (SSSR count). The van der Waals surface area contributed by atoms with Gasteiger partial charge in [0.2, 0.25) is 0 Å². The molecule has 0 fully saturated rings. The summed E-state index contributed by atoms with van der Waals surface area (Å²) in [5.41, 5.74) is 1.90. The fraction of sp³-hybridized carbons (Fsp3) is 0.263. The van der Waals surface area contributed by atoms with Gasteiger partial charge in [0.15, 0.2) is 0 Å². The van der Waals surface area contributed by atoms with Crippen LogP contribution in [-0.4, -0.2) is 59.7 Å². The first-order valence-corrected chi connectivity index (χ1v) is 7.82. The number of ether oxygens (including phenoxy) is 1. The van der Waals surface area contributed by atoms with Crippen LogP contribution in [-0.2, 0) is 0 Å². The maximum absolute atomic E-state index is 12.3. The second-order valence-electron chi connectivity index (χ2n) is 5.68. The zero-order chi connectivity index (χ0) is 17.5. The molecule has 0 bridgehead atoms. The molecule has 6 heteroatoms. The molecule has 0 saturated carbocycles. The summed E-state index contributed by atoms with van der Waals surface area (Å²) >= 11 is 0.